The molecule has 1 aromatic heterocycles. The first-order chi connectivity index (χ1) is 6.94. The summed E-state index contributed by atoms with van der Waals surface area (Å²) < 4.78 is 6.15. The van der Waals surface area contributed by atoms with E-state index in [1.807, 2.05) is 13.8 Å². The van der Waals surface area contributed by atoms with Crippen molar-refractivity contribution in [1.82, 2.24) is 4.98 Å². The Hall–Kier alpha value is -0.320. The maximum absolute atomic E-state index is 6.01. The lowest BCUT2D eigenvalue weighted by Crippen LogP contribution is -2.32. The molecule has 0 unspecified atom stereocenters. The van der Waals surface area contributed by atoms with Crippen LogP contribution in [0.1, 0.15) is 13.8 Å². The van der Waals surface area contributed by atoms with Crippen molar-refractivity contribution in [3.63, 3.8) is 0 Å². The molecule has 0 fully saturated rings. The molecule has 0 spiro atoms. The van der Waals surface area contributed by atoms with Crippen molar-refractivity contribution in [3.8, 4) is 0 Å². The number of aromatic nitrogens is 1. The van der Waals surface area contributed by atoms with Gasteiger partial charge in [0.05, 0.1) is 10.6 Å². The Morgan fingerprint density at radius 2 is 2.27 bits per heavy atom. The molecular weight excluding hydrogens is 279 g/mol. The zero-order valence-corrected chi connectivity index (χ0v) is 11.3. The fourth-order valence-electron chi connectivity index (χ4n) is 0.913. The van der Waals surface area contributed by atoms with Gasteiger partial charge in [-0.25, -0.2) is 4.98 Å². The Morgan fingerprint density at radius 3 is 2.80 bits per heavy atom. The predicted octanol–water partition coefficient (Wildman–Crippen LogP) is 3.33. The number of pyridine rings is 1. The van der Waals surface area contributed by atoms with Gasteiger partial charge < -0.3 is 10.1 Å². The summed E-state index contributed by atoms with van der Waals surface area (Å²) in [4.78, 5) is 4.17. The highest BCUT2D eigenvalue weighted by Crippen LogP contribution is 2.23. The Kier molecular flexibility index (Phi) is 4.37. The number of hydrogen-bond donors (Lipinski definition) is 1. The quantitative estimate of drug-likeness (QED) is 0.924. The molecule has 0 saturated carbocycles. The molecule has 0 atom stereocenters. The number of methoxy groups -OCH3 is 1. The molecule has 0 aliphatic rings. The van der Waals surface area contributed by atoms with E-state index in [1.165, 1.54) is 0 Å². The van der Waals surface area contributed by atoms with E-state index in [-0.39, 0.29) is 5.60 Å². The monoisotopic (exact) mass is 292 g/mol. The highest BCUT2D eigenvalue weighted by atomic mass is 79.9. The molecule has 0 aromatic carbocycles. The van der Waals surface area contributed by atoms with Crippen LogP contribution in [0, 0.1) is 0 Å². The van der Waals surface area contributed by atoms with Crippen LogP contribution in [0.4, 0.5) is 5.82 Å². The highest BCUT2D eigenvalue weighted by Gasteiger charge is 2.16. The lowest BCUT2D eigenvalue weighted by molar-refractivity contribution is 0.0343. The second-order valence-corrected chi connectivity index (χ2v) is 5.12. The molecule has 1 aromatic rings. The van der Waals surface area contributed by atoms with E-state index in [4.69, 9.17) is 16.3 Å². The largest absolute Gasteiger partial charge is 0.377 e. The van der Waals surface area contributed by atoms with Crippen molar-refractivity contribution >= 4 is 33.3 Å². The van der Waals surface area contributed by atoms with Crippen molar-refractivity contribution in [1.29, 1.82) is 0 Å². The average Bonchev–Trinajstić information content (AvgIpc) is 2.16. The third-order valence-electron chi connectivity index (χ3n) is 2.04. The molecule has 3 nitrogen and oxygen atoms in total. The van der Waals surface area contributed by atoms with E-state index in [0.717, 1.165) is 4.47 Å². The van der Waals surface area contributed by atoms with Crippen LogP contribution in [-0.2, 0) is 4.74 Å². The average molecular weight is 294 g/mol. The second-order valence-electron chi connectivity index (χ2n) is 3.80. The van der Waals surface area contributed by atoms with Crippen molar-refractivity contribution < 1.29 is 4.74 Å². The number of rotatable bonds is 4. The first kappa shape index (κ1) is 12.7. The fraction of sp³-hybridized carbons (Fsp3) is 0.500. The van der Waals surface area contributed by atoms with Crippen LogP contribution in [0.15, 0.2) is 16.7 Å². The molecule has 1 heterocycles. The predicted molar refractivity (Wildman–Crippen MR) is 66.5 cm³/mol. The standard InChI is InChI=1S/C10H14BrClN2O/c1-10(2,15-3)6-14-9-8(12)4-7(11)5-13-9/h4-5H,6H2,1-3H3,(H,13,14). The van der Waals surface area contributed by atoms with Gasteiger partial charge in [-0.2, -0.15) is 0 Å². The molecule has 0 radical (unpaired) electrons. The van der Waals surface area contributed by atoms with Crippen molar-refractivity contribution in [3.05, 3.63) is 21.8 Å². The van der Waals surface area contributed by atoms with Crippen LogP contribution in [0.3, 0.4) is 0 Å². The van der Waals surface area contributed by atoms with Gasteiger partial charge in [0.1, 0.15) is 5.82 Å². The van der Waals surface area contributed by atoms with Gasteiger partial charge in [0.25, 0.3) is 0 Å². The van der Waals surface area contributed by atoms with E-state index in [2.05, 4.69) is 26.2 Å². The summed E-state index contributed by atoms with van der Waals surface area (Å²) in [5.41, 5.74) is -0.238. The van der Waals surface area contributed by atoms with Gasteiger partial charge in [0, 0.05) is 24.3 Å². The molecule has 5 heteroatoms. The molecule has 0 bridgehead atoms. The lowest BCUT2D eigenvalue weighted by Gasteiger charge is -2.23. The second kappa shape index (κ2) is 5.14. The van der Waals surface area contributed by atoms with Crippen molar-refractivity contribution in [2.45, 2.75) is 19.4 Å². The van der Waals surface area contributed by atoms with Crippen molar-refractivity contribution in [2.75, 3.05) is 19.0 Å². The van der Waals surface area contributed by atoms with Gasteiger partial charge in [0.15, 0.2) is 0 Å². The van der Waals surface area contributed by atoms with E-state index >= 15 is 0 Å². The van der Waals surface area contributed by atoms with E-state index in [0.29, 0.717) is 17.4 Å². The summed E-state index contributed by atoms with van der Waals surface area (Å²) in [6.07, 6.45) is 1.70. The third kappa shape index (κ3) is 3.97. The van der Waals surface area contributed by atoms with Crippen molar-refractivity contribution in [2.24, 2.45) is 0 Å². The normalized spacial score (nSPS) is 11.5. The molecule has 0 aliphatic heterocycles. The topological polar surface area (TPSA) is 34.1 Å². The van der Waals surface area contributed by atoms with Gasteiger partial charge in [-0.05, 0) is 35.8 Å². The zero-order valence-electron chi connectivity index (χ0n) is 8.97. The Morgan fingerprint density at radius 1 is 1.60 bits per heavy atom. The van der Waals surface area contributed by atoms with Gasteiger partial charge in [-0.1, -0.05) is 11.6 Å². The van der Waals surface area contributed by atoms with Gasteiger partial charge in [-0.3, -0.25) is 0 Å². The number of nitrogens with zero attached hydrogens (tertiary/aromatic N) is 1. The highest BCUT2D eigenvalue weighted by molar-refractivity contribution is 9.10. The van der Waals surface area contributed by atoms with Crippen LogP contribution in [0.2, 0.25) is 5.02 Å². The van der Waals surface area contributed by atoms with Gasteiger partial charge in [0.2, 0.25) is 0 Å². The van der Waals surface area contributed by atoms with Crippen LogP contribution in [0.5, 0.6) is 0 Å². The lowest BCUT2D eigenvalue weighted by atomic mass is 10.1. The van der Waals surface area contributed by atoms with Crippen LogP contribution < -0.4 is 5.32 Å². The first-order valence-corrected chi connectivity index (χ1v) is 5.72. The fourth-order valence-corrected chi connectivity index (χ4v) is 1.61. The first-order valence-electron chi connectivity index (χ1n) is 4.55. The summed E-state index contributed by atoms with van der Waals surface area (Å²) >= 11 is 9.31. The molecule has 84 valence electrons. The minimum Gasteiger partial charge on any atom is -0.377 e. The molecular formula is C10H14BrClN2O. The van der Waals surface area contributed by atoms with E-state index in [9.17, 15) is 0 Å². The number of halogens is 2. The SMILES string of the molecule is COC(C)(C)CNc1ncc(Br)cc1Cl. The summed E-state index contributed by atoms with van der Waals surface area (Å²) in [5, 5.41) is 3.74. The molecule has 0 aliphatic carbocycles. The molecule has 1 N–H and O–H groups in total. The Bertz CT molecular complexity index is 344. The summed E-state index contributed by atoms with van der Waals surface area (Å²) in [6, 6.07) is 1.80. The minimum absolute atomic E-state index is 0.238. The molecule has 15 heavy (non-hydrogen) atoms. The summed E-state index contributed by atoms with van der Waals surface area (Å²) in [6.45, 7) is 4.64. The Labute approximate surface area is 103 Å². The minimum atomic E-state index is -0.238. The van der Waals surface area contributed by atoms with E-state index in [1.54, 1.807) is 19.4 Å². The maximum atomic E-state index is 6.01. The number of anilines is 1. The van der Waals surface area contributed by atoms with Gasteiger partial charge >= 0.3 is 0 Å². The summed E-state index contributed by atoms with van der Waals surface area (Å²) in [7, 11) is 1.68. The Balaban J connectivity index is 2.66. The molecule has 1 rings (SSSR count). The van der Waals surface area contributed by atoms with Crippen LogP contribution in [0.25, 0.3) is 0 Å². The van der Waals surface area contributed by atoms with Crippen LogP contribution in [-0.4, -0.2) is 24.2 Å². The number of ether oxygens (including phenoxy) is 1. The number of nitrogens with one attached hydrogen (secondary N) is 1. The molecule has 0 amide bonds. The van der Waals surface area contributed by atoms with Gasteiger partial charge in [-0.15, -0.1) is 0 Å². The molecule has 0 saturated heterocycles. The van der Waals surface area contributed by atoms with E-state index < -0.39 is 0 Å². The third-order valence-corrected chi connectivity index (χ3v) is 2.76. The maximum Gasteiger partial charge on any atom is 0.144 e. The smallest absolute Gasteiger partial charge is 0.144 e. The number of hydrogen-bond acceptors (Lipinski definition) is 3. The zero-order chi connectivity index (χ0) is 11.5. The summed E-state index contributed by atoms with van der Waals surface area (Å²) in [5.74, 6) is 0.671. The van der Waals surface area contributed by atoms with Crippen LogP contribution >= 0.6 is 27.5 Å².